The summed E-state index contributed by atoms with van der Waals surface area (Å²) in [4.78, 5) is 50.0. The highest BCUT2D eigenvalue weighted by Gasteiger charge is 2.26. The first-order chi connectivity index (χ1) is 26.6. The number of furan rings is 1. The molecule has 0 bridgehead atoms. The van der Waals surface area contributed by atoms with Crippen LogP contribution in [0.5, 0.6) is 11.5 Å². The first-order valence-electron chi connectivity index (χ1n) is 16.8. The van der Waals surface area contributed by atoms with Crippen LogP contribution in [0.1, 0.15) is 49.8 Å². The molecule has 1 aliphatic heterocycles. The molecule has 0 spiro atoms. The van der Waals surface area contributed by atoms with Crippen molar-refractivity contribution in [3.05, 3.63) is 118 Å². The molecule has 0 saturated carbocycles. The molecule has 3 amide bonds. The van der Waals surface area contributed by atoms with Gasteiger partial charge < -0.3 is 40.3 Å². The minimum absolute atomic E-state index is 0.0490. The van der Waals surface area contributed by atoms with Crippen molar-refractivity contribution in [2.75, 3.05) is 39.2 Å². The summed E-state index contributed by atoms with van der Waals surface area (Å²) in [6, 6.07) is 17.8. The Labute approximate surface area is 319 Å². The number of carbonyl (C=O) groups is 3. The SMILES string of the molecule is COc1cc(Nc2ncc3c(n2)-c2ccc(Cl)cc2C(c2c(F)cccc2OC)=NC3)ccc1C(=O)NCCCNC(=O)c1ccc(C#CCNC(=O)O)o1. The fraction of sp³-hybridized carbons (Fsp3) is 0.179. The number of aliphatic imine (C=N–C) groups is 1. The van der Waals surface area contributed by atoms with Gasteiger partial charge in [0.25, 0.3) is 11.8 Å². The van der Waals surface area contributed by atoms with Crippen LogP contribution in [-0.2, 0) is 6.54 Å². The number of rotatable bonds is 12. The minimum Gasteiger partial charge on any atom is -0.496 e. The predicted octanol–water partition coefficient (Wildman–Crippen LogP) is 5.81. The molecule has 16 heteroatoms. The molecule has 5 aromatic rings. The lowest BCUT2D eigenvalue weighted by Gasteiger charge is -2.15. The first-order valence-corrected chi connectivity index (χ1v) is 17.1. The Balaban J connectivity index is 1.08. The third-order valence-electron chi connectivity index (χ3n) is 8.19. The standard InChI is InChI=1S/C39H33ClFN7O7/c1-53-30-8-3-7-29(41)33(30)35-28-18-23(40)9-12-26(28)34-22(20-45-35)21-46-38(48-34)47-24-10-13-27(32(19-24)54-2)36(49)42-16-5-17-43-37(50)31-14-11-25(55-31)6-4-15-44-39(51)52/h3,7-14,18-19,21,44H,5,15-17,20H2,1-2H3,(H,42,49)(H,43,50)(H,51,52)(H,46,47,48). The number of ether oxygens (including phenoxy) is 2. The Bertz CT molecular complexity index is 2370. The molecule has 0 saturated heterocycles. The second-order valence-corrected chi connectivity index (χ2v) is 12.2. The monoisotopic (exact) mass is 765 g/mol. The average Bonchev–Trinajstić information content (AvgIpc) is 3.60. The van der Waals surface area contributed by atoms with E-state index >= 15 is 4.39 Å². The van der Waals surface area contributed by atoms with E-state index in [2.05, 4.69) is 38.1 Å². The predicted molar refractivity (Wildman–Crippen MR) is 202 cm³/mol. The van der Waals surface area contributed by atoms with Crippen molar-refractivity contribution in [1.29, 1.82) is 0 Å². The lowest BCUT2D eigenvalue weighted by molar-refractivity contribution is 0.0925. The highest BCUT2D eigenvalue weighted by Crippen LogP contribution is 2.36. The van der Waals surface area contributed by atoms with Crippen LogP contribution >= 0.6 is 11.6 Å². The van der Waals surface area contributed by atoms with Gasteiger partial charge in [-0.25, -0.2) is 19.2 Å². The molecule has 0 fully saturated rings. The van der Waals surface area contributed by atoms with Gasteiger partial charge in [0.05, 0.1) is 49.8 Å². The summed E-state index contributed by atoms with van der Waals surface area (Å²) in [5, 5.41) is 19.8. The van der Waals surface area contributed by atoms with Crippen LogP contribution in [0.25, 0.3) is 11.3 Å². The van der Waals surface area contributed by atoms with Crippen molar-refractivity contribution in [3.63, 3.8) is 0 Å². The highest BCUT2D eigenvalue weighted by molar-refractivity contribution is 6.31. The van der Waals surface area contributed by atoms with E-state index in [1.165, 1.54) is 32.4 Å². The van der Waals surface area contributed by atoms with E-state index in [1.54, 1.807) is 48.7 Å². The zero-order valence-electron chi connectivity index (χ0n) is 29.5. The molecular weight excluding hydrogens is 733 g/mol. The summed E-state index contributed by atoms with van der Waals surface area (Å²) in [5.74, 6) is 5.04. The largest absolute Gasteiger partial charge is 0.496 e. The molecule has 3 aromatic carbocycles. The van der Waals surface area contributed by atoms with E-state index < -0.39 is 17.8 Å². The number of hydrogen-bond acceptors (Lipinski definition) is 10. The summed E-state index contributed by atoms with van der Waals surface area (Å²) in [7, 11) is 2.92. The van der Waals surface area contributed by atoms with Crippen LogP contribution in [0.3, 0.4) is 0 Å². The van der Waals surface area contributed by atoms with Crippen LogP contribution in [0.2, 0.25) is 5.02 Å². The van der Waals surface area contributed by atoms with E-state index in [0.29, 0.717) is 62.3 Å². The maximum atomic E-state index is 15.2. The zero-order valence-corrected chi connectivity index (χ0v) is 30.2. The summed E-state index contributed by atoms with van der Waals surface area (Å²) >= 11 is 6.42. The van der Waals surface area contributed by atoms with Gasteiger partial charge in [0.1, 0.15) is 17.3 Å². The average molecular weight is 766 g/mol. The minimum atomic E-state index is -1.19. The van der Waals surface area contributed by atoms with Gasteiger partial charge in [-0.15, -0.1) is 0 Å². The molecule has 0 atom stereocenters. The van der Waals surface area contributed by atoms with Crippen molar-refractivity contribution in [1.82, 2.24) is 25.9 Å². The Kier molecular flexibility index (Phi) is 11.9. The fourth-order valence-corrected chi connectivity index (χ4v) is 5.81. The van der Waals surface area contributed by atoms with Gasteiger partial charge in [0.2, 0.25) is 5.95 Å². The number of nitrogens with zero attached hydrogens (tertiary/aromatic N) is 3. The number of amides is 3. The van der Waals surface area contributed by atoms with Gasteiger partial charge in [-0.05, 0) is 60.9 Å². The number of nitrogens with one attached hydrogen (secondary N) is 4. The summed E-state index contributed by atoms with van der Waals surface area (Å²) in [6.45, 7) is 0.615. The van der Waals surface area contributed by atoms with Crippen molar-refractivity contribution < 1.29 is 37.8 Å². The molecule has 2 aromatic heterocycles. The maximum absolute atomic E-state index is 15.2. The molecular formula is C39H33ClFN7O7. The van der Waals surface area contributed by atoms with Crippen LogP contribution in [-0.4, -0.2) is 72.5 Å². The molecule has 5 N–H and O–H groups in total. The van der Waals surface area contributed by atoms with Crippen molar-refractivity contribution in [2.45, 2.75) is 13.0 Å². The number of fused-ring (bicyclic) bond motifs is 3. The molecule has 0 unspecified atom stereocenters. The van der Waals surface area contributed by atoms with Gasteiger partial charge in [0, 0.05) is 52.8 Å². The number of anilines is 2. The zero-order chi connectivity index (χ0) is 38.9. The quantitative estimate of drug-likeness (QED) is 0.0766. The Morgan fingerprint density at radius 3 is 2.53 bits per heavy atom. The third-order valence-corrected chi connectivity index (χ3v) is 8.43. The Hall–Kier alpha value is -6.92. The molecule has 280 valence electrons. The lowest BCUT2D eigenvalue weighted by atomic mass is 9.94. The number of halogens is 2. The Morgan fingerprint density at radius 1 is 0.945 bits per heavy atom. The van der Waals surface area contributed by atoms with Gasteiger partial charge in [-0.2, -0.15) is 0 Å². The topological polar surface area (TPSA) is 189 Å². The van der Waals surface area contributed by atoms with Crippen LogP contribution in [0, 0.1) is 17.7 Å². The number of benzene rings is 3. The van der Waals surface area contributed by atoms with Crippen LogP contribution < -0.4 is 30.7 Å². The third kappa shape index (κ3) is 9.00. The van der Waals surface area contributed by atoms with E-state index in [-0.39, 0.29) is 55.1 Å². The second kappa shape index (κ2) is 17.3. The molecule has 6 rings (SSSR count). The van der Waals surface area contributed by atoms with Gasteiger partial charge in [-0.3, -0.25) is 14.6 Å². The molecule has 3 heterocycles. The fourth-order valence-electron chi connectivity index (χ4n) is 5.64. The van der Waals surface area contributed by atoms with Crippen molar-refractivity contribution in [2.24, 2.45) is 4.99 Å². The molecule has 0 aliphatic carbocycles. The van der Waals surface area contributed by atoms with Gasteiger partial charge >= 0.3 is 6.09 Å². The maximum Gasteiger partial charge on any atom is 0.405 e. The lowest BCUT2D eigenvalue weighted by Crippen LogP contribution is -2.30. The number of aromatic nitrogens is 2. The number of methoxy groups -OCH3 is 2. The van der Waals surface area contributed by atoms with Gasteiger partial charge in [0.15, 0.2) is 11.5 Å². The Morgan fingerprint density at radius 2 is 1.75 bits per heavy atom. The first kappa shape index (κ1) is 37.8. The van der Waals surface area contributed by atoms with Gasteiger partial charge in [-0.1, -0.05) is 29.7 Å². The van der Waals surface area contributed by atoms with E-state index in [1.807, 2.05) is 6.07 Å². The molecule has 14 nitrogen and oxygen atoms in total. The molecule has 1 aliphatic rings. The second-order valence-electron chi connectivity index (χ2n) is 11.8. The van der Waals surface area contributed by atoms with E-state index in [0.717, 1.165) is 0 Å². The van der Waals surface area contributed by atoms with Crippen molar-refractivity contribution in [3.8, 4) is 34.6 Å². The summed E-state index contributed by atoms with van der Waals surface area (Å²) in [5.41, 5.74) is 4.01. The van der Waals surface area contributed by atoms with Crippen LogP contribution in [0.15, 0.2) is 82.3 Å². The number of carboxylic acid groups (broad SMARTS) is 1. The summed E-state index contributed by atoms with van der Waals surface area (Å²) in [6.07, 6.45) is 0.890. The smallest absolute Gasteiger partial charge is 0.405 e. The molecule has 0 radical (unpaired) electrons. The van der Waals surface area contributed by atoms with Crippen molar-refractivity contribution >= 4 is 46.9 Å². The highest BCUT2D eigenvalue weighted by atomic mass is 35.5. The molecule has 55 heavy (non-hydrogen) atoms. The number of hydrogen-bond donors (Lipinski definition) is 5. The van der Waals surface area contributed by atoms with E-state index in [9.17, 15) is 14.4 Å². The van der Waals surface area contributed by atoms with Crippen LogP contribution in [0.4, 0.5) is 20.8 Å². The normalized spacial score (nSPS) is 11.4. The summed E-state index contributed by atoms with van der Waals surface area (Å²) < 4.78 is 31.6. The number of carbonyl (C=O) groups excluding carboxylic acids is 2. The van der Waals surface area contributed by atoms with E-state index in [4.69, 9.17) is 40.6 Å².